The number of aliphatic hydroxyl groups is 1. The Kier molecular flexibility index (Phi) is 3.00. The number of aliphatic hydroxyl groups excluding tert-OH is 1. The summed E-state index contributed by atoms with van der Waals surface area (Å²) in [5, 5.41) is 17.9. The normalized spacial score (nSPS) is 12.2. The summed E-state index contributed by atoms with van der Waals surface area (Å²) in [5.74, 6) is -0.324. The monoisotopic (exact) mass is 181 g/mol. The second-order valence-corrected chi connectivity index (χ2v) is 2.75. The lowest BCUT2D eigenvalue weighted by atomic mass is 10.1. The molecular formula is C9H11NO3. The molecule has 0 saturated heterocycles. The van der Waals surface area contributed by atoms with E-state index < -0.39 is 6.10 Å². The van der Waals surface area contributed by atoms with Gasteiger partial charge in [-0.1, -0.05) is 12.1 Å². The fourth-order valence-electron chi connectivity index (χ4n) is 1.01. The number of hydrogen-bond acceptors (Lipinski definition) is 4. The minimum Gasteiger partial charge on any atom is -0.381 e. The first-order valence-electron chi connectivity index (χ1n) is 3.83. The molecular weight excluding hydrogens is 170 g/mol. The van der Waals surface area contributed by atoms with E-state index in [0.717, 1.165) is 0 Å². The first-order valence-corrected chi connectivity index (χ1v) is 3.83. The largest absolute Gasteiger partial charge is 0.381 e. The van der Waals surface area contributed by atoms with E-state index in [9.17, 15) is 9.90 Å². The molecule has 1 aromatic rings. The van der Waals surface area contributed by atoms with Crippen molar-refractivity contribution in [2.75, 3.05) is 5.48 Å². The van der Waals surface area contributed by atoms with Gasteiger partial charge in [0.2, 0.25) is 0 Å². The number of Topliss-reactive ketones (excluding diaryl/α,β-unsaturated/α-hetero) is 1. The van der Waals surface area contributed by atoms with Gasteiger partial charge < -0.3 is 5.11 Å². The molecule has 0 saturated carbocycles. The second kappa shape index (κ2) is 4.02. The lowest BCUT2D eigenvalue weighted by Gasteiger charge is -2.07. The van der Waals surface area contributed by atoms with E-state index in [1.165, 1.54) is 13.0 Å². The Morgan fingerprint density at radius 1 is 1.54 bits per heavy atom. The van der Waals surface area contributed by atoms with Crippen LogP contribution in [-0.4, -0.2) is 16.1 Å². The number of carbonyl (C=O) groups excluding carboxylic acids is 1. The Hall–Kier alpha value is -1.39. The van der Waals surface area contributed by atoms with Crippen molar-refractivity contribution in [1.82, 2.24) is 0 Å². The van der Waals surface area contributed by atoms with Crippen molar-refractivity contribution in [2.45, 2.75) is 13.0 Å². The van der Waals surface area contributed by atoms with Gasteiger partial charge in [0.05, 0.1) is 5.69 Å². The predicted molar refractivity (Wildman–Crippen MR) is 47.5 cm³/mol. The van der Waals surface area contributed by atoms with Gasteiger partial charge in [-0.05, 0) is 24.6 Å². The quantitative estimate of drug-likeness (QED) is 0.611. The summed E-state index contributed by atoms with van der Waals surface area (Å²) >= 11 is 0. The molecule has 0 aromatic heterocycles. The Labute approximate surface area is 75.8 Å². The maximum Gasteiger partial charge on any atom is 0.162 e. The summed E-state index contributed by atoms with van der Waals surface area (Å²) in [6.07, 6.45) is -1.12. The molecule has 0 radical (unpaired) electrons. The highest BCUT2D eigenvalue weighted by molar-refractivity contribution is 5.81. The summed E-state index contributed by atoms with van der Waals surface area (Å²) in [7, 11) is 0. The topological polar surface area (TPSA) is 69.6 Å². The molecule has 1 atom stereocenters. The molecule has 0 unspecified atom stereocenters. The van der Waals surface area contributed by atoms with Gasteiger partial charge in [0.1, 0.15) is 6.10 Å². The van der Waals surface area contributed by atoms with Crippen LogP contribution in [0.25, 0.3) is 0 Å². The molecule has 0 aliphatic carbocycles. The van der Waals surface area contributed by atoms with Gasteiger partial charge in [-0.2, -0.15) is 0 Å². The fourth-order valence-corrected chi connectivity index (χ4v) is 1.01. The third-order valence-corrected chi connectivity index (χ3v) is 1.72. The van der Waals surface area contributed by atoms with E-state index in [-0.39, 0.29) is 5.78 Å². The minimum absolute atomic E-state index is 0.324. The lowest BCUT2D eigenvalue weighted by Crippen LogP contribution is -2.07. The zero-order valence-electron chi connectivity index (χ0n) is 7.19. The Bertz CT molecular complexity index is 311. The SMILES string of the molecule is CC(=O)[C@@H](O)c1cccc(NO)c1. The van der Waals surface area contributed by atoms with E-state index in [0.29, 0.717) is 11.3 Å². The van der Waals surface area contributed by atoms with Crippen LogP contribution in [0.2, 0.25) is 0 Å². The average Bonchev–Trinajstić information content (AvgIpc) is 2.16. The molecule has 4 heteroatoms. The maximum absolute atomic E-state index is 10.8. The standard InChI is InChI=1S/C9H11NO3/c1-6(11)9(12)7-3-2-4-8(5-7)10-13/h2-5,9-10,12-13H,1H3/t9-/m1/s1. The third kappa shape index (κ3) is 2.27. The number of ketones is 1. The predicted octanol–water partition coefficient (Wildman–Crippen LogP) is 1.11. The van der Waals surface area contributed by atoms with Gasteiger partial charge in [-0.3, -0.25) is 15.5 Å². The highest BCUT2D eigenvalue weighted by atomic mass is 16.5. The molecule has 1 aromatic carbocycles. The average molecular weight is 181 g/mol. The van der Waals surface area contributed by atoms with Crippen molar-refractivity contribution in [2.24, 2.45) is 0 Å². The van der Waals surface area contributed by atoms with Crippen LogP contribution in [0, 0.1) is 0 Å². The number of benzene rings is 1. The molecule has 13 heavy (non-hydrogen) atoms. The van der Waals surface area contributed by atoms with Crippen LogP contribution in [0.3, 0.4) is 0 Å². The summed E-state index contributed by atoms with van der Waals surface area (Å²) in [5.41, 5.74) is 2.85. The van der Waals surface area contributed by atoms with Crippen molar-refractivity contribution in [1.29, 1.82) is 0 Å². The summed E-state index contributed by atoms with van der Waals surface area (Å²) in [6, 6.07) is 6.38. The van der Waals surface area contributed by atoms with Crippen molar-refractivity contribution in [3.8, 4) is 0 Å². The Morgan fingerprint density at radius 2 is 2.23 bits per heavy atom. The Morgan fingerprint density at radius 3 is 2.77 bits per heavy atom. The van der Waals surface area contributed by atoms with Gasteiger partial charge in [-0.25, -0.2) is 0 Å². The first kappa shape index (κ1) is 9.70. The van der Waals surface area contributed by atoms with E-state index in [2.05, 4.69) is 0 Å². The smallest absolute Gasteiger partial charge is 0.162 e. The fraction of sp³-hybridized carbons (Fsp3) is 0.222. The zero-order valence-corrected chi connectivity index (χ0v) is 7.19. The van der Waals surface area contributed by atoms with Crippen molar-refractivity contribution in [3.63, 3.8) is 0 Å². The molecule has 0 aliphatic heterocycles. The van der Waals surface area contributed by atoms with Crippen LogP contribution < -0.4 is 5.48 Å². The molecule has 0 heterocycles. The number of rotatable bonds is 3. The minimum atomic E-state index is -1.12. The molecule has 1 rings (SSSR count). The van der Waals surface area contributed by atoms with Crippen LogP contribution in [-0.2, 0) is 4.79 Å². The van der Waals surface area contributed by atoms with E-state index in [1.54, 1.807) is 18.2 Å². The highest BCUT2D eigenvalue weighted by Gasteiger charge is 2.12. The zero-order chi connectivity index (χ0) is 9.84. The second-order valence-electron chi connectivity index (χ2n) is 2.75. The summed E-state index contributed by atoms with van der Waals surface area (Å²) in [6.45, 7) is 1.31. The number of hydrogen-bond donors (Lipinski definition) is 3. The molecule has 0 fully saturated rings. The lowest BCUT2D eigenvalue weighted by molar-refractivity contribution is -0.125. The molecule has 0 bridgehead atoms. The van der Waals surface area contributed by atoms with Crippen molar-refractivity contribution < 1.29 is 15.1 Å². The van der Waals surface area contributed by atoms with Crippen molar-refractivity contribution in [3.05, 3.63) is 29.8 Å². The summed E-state index contributed by atoms with van der Waals surface area (Å²) < 4.78 is 0. The van der Waals surface area contributed by atoms with Gasteiger partial charge in [-0.15, -0.1) is 0 Å². The third-order valence-electron chi connectivity index (χ3n) is 1.72. The van der Waals surface area contributed by atoms with Crippen LogP contribution >= 0.6 is 0 Å². The Balaban J connectivity index is 2.94. The number of carbonyl (C=O) groups is 1. The number of nitrogens with one attached hydrogen (secondary N) is 1. The first-order chi connectivity index (χ1) is 6.15. The number of anilines is 1. The van der Waals surface area contributed by atoms with E-state index in [1.807, 2.05) is 5.48 Å². The maximum atomic E-state index is 10.8. The van der Waals surface area contributed by atoms with Crippen LogP contribution in [0.4, 0.5) is 5.69 Å². The molecule has 4 nitrogen and oxygen atoms in total. The molecule has 3 N–H and O–H groups in total. The summed E-state index contributed by atoms with van der Waals surface area (Å²) in [4.78, 5) is 10.8. The van der Waals surface area contributed by atoms with Gasteiger partial charge >= 0.3 is 0 Å². The molecule has 0 amide bonds. The van der Waals surface area contributed by atoms with Crippen LogP contribution in [0.5, 0.6) is 0 Å². The molecule has 0 aliphatic rings. The molecule has 70 valence electrons. The van der Waals surface area contributed by atoms with Crippen molar-refractivity contribution >= 4 is 11.5 Å². The van der Waals surface area contributed by atoms with Crippen LogP contribution in [0.1, 0.15) is 18.6 Å². The van der Waals surface area contributed by atoms with Crippen LogP contribution in [0.15, 0.2) is 24.3 Å². The van der Waals surface area contributed by atoms with E-state index in [4.69, 9.17) is 5.21 Å². The van der Waals surface area contributed by atoms with Gasteiger partial charge in [0.15, 0.2) is 5.78 Å². The van der Waals surface area contributed by atoms with Gasteiger partial charge in [0, 0.05) is 0 Å². The van der Waals surface area contributed by atoms with Gasteiger partial charge in [0.25, 0.3) is 0 Å². The van der Waals surface area contributed by atoms with E-state index >= 15 is 0 Å². The molecule has 0 spiro atoms. The highest BCUT2D eigenvalue weighted by Crippen LogP contribution is 2.17.